The van der Waals surface area contributed by atoms with E-state index in [0.29, 0.717) is 24.5 Å². The minimum Gasteiger partial charge on any atom is -0.497 e. The first kappa shape index (κ1) is 24.2. The maximum absolute atomic E-state index is 14.0. The van der Waals surface area contributed by atoms with Gasteiger partial charge in [0.05, 0.1) is 25.6 Å². The molecule has 1 saturated carbocycles. The molecule has 0 spiro atoms. The lowest BCUT2D eigenvalue weighted by Crippen LogP contribution is -2.64. The predicted octanol–water partition coefficient (Wildman–Crippen LogP) is 5.40. The van der Waals surface area contributed by atoms with Crippen molar-refractivity contribution in [2.75, 3.05) is 7.11 Å². The van der Waals surface area contributed by atoms with Gasteiger partial charge in [0.1, 0.15) is 22.7 Å². The van der Waals surface area contributed by atoms with E-state index in [2.05, 4.69) is 5.32 Å². The van der Waals surface area contributed by atoms with Crippen molar-refractivity contribution < 1.29 is 18.7 Å². The first-order valence-corrected chi connectivity index (χ1v) is 13.0. The van der Waals surface area contributed by atoms with Gasteiger partial charge in [-0.05, 0) is 61.7 Å². The van der Waals surface area contributed by atoms with Crippen LogP contribution in [0, 0.1) is 0 Å². The molecule has 0 bridgehead atoms. The highest BCUT2D eigenvalue weighted by molar-refractivity contribution is 6.00. The second-order valence-corrected chi connectivity index (χ2v) is 10.2. The Morgan fingerprint density at radius 2 is 1.81 bits per heavy atom. The number of nitrogens with one attached hydrogen (secondary N) is 1. The van der Waals surface area contributed by atoms with Gasteiger partial charge in [0.25, 0.3) is 5.91 Å². The zero-order valence-corrected chi connectivity index (χ0v) is 21.2. The average molecular weight is 490 g/mol. The maximum Gasteiger partial charge on any atom is 0.271 e. The van der Waals surface area contributed by atoms with Crippen molar-refractivity contribution in [3.63, 3.8) is 0 Å². The van der Waals surface area contributed by atoms with E-state index in [9.17, 15) is 9.59 Å². The number of furan rings is 1. The van der Waals surface area contributed by atoms with Crippen LogP contribution < -0.4 is 10.1 Å². The van der Waals surface area contributed by atoms with E-state index in [1.165, 1.54) is 19.3 Å². The molecular formula is C29H35N3O4. The number of nitrogens with zero attached hydrogens (tertiary/aromatic N) is 2. The van der Waals surface area contributed by atoms with Crippen molar-refractivity contribution in [3.8, 4) is 17.2 Å². The fraction of sp³-hybridized carbons (Fsp3) is 0.448. The molecule has 1 atom stereocenters. The summed E-state index contributed by atoms with van der Waals surface area (Å²) in [5.74, 6) is 1.13. The summed E-state index contributed by atoms with van der Waals surface area (Å²) in [6.07, 6.45) is 9.53. The number of carbonyl (C=O) groups is 2. The molecule has 2 aliphatic rings. The third-order valence-corrected chi connectivity index (χ3v) is 7.68. The highest BCUT2D eigenvalue weighted by Crippen LogP contribution is 2.35. The summed E-state index contributed by atoms with van der Waals surface area (Å²) >= 11 is 0. The van der Waals surface area contributed by atoms with Gasteiger partial charge in [0, 0.05) is 12.6 Å². The first-order valence-electron chi connectivity index (χ1n) is 13.0. The predicted molar refractivity (Wildman–Crippen MR) is 138 cm³/mol. The molecular weight excluding hydrogens is 454 g/mol. The third kappa shape index (κ3) is 4.66. The number of rotatable bonds is 6. The molecule has 1 N–H and O–H groups in total. The average Bonchev–Trinajstić information content (AvgIpc) is 3.53. The van der Waals surface area contributed by atoms with Crippen LogP contribution in [0.15, 0.2) is 59.2 Å². The van der Waals surface area contributed by atoms with Crippen LogP contribution in [0.25, 0.3) is 11.5 Å². The lowest BCUT2D eigenvalue weighted by atomic mass is 9.91. The molecule has 1 fully saturated rings. The van der Waals surface area contributed by atoms with Crippen LogP contribution in [0.3, 0.4) is 0 Å². The van der Waals surface area contributed by atoms with Crippen LogP contribution in [0.5, 0.6) is 5.75 Å². The normalized spacial score (nSPS) is 20.9. The molecule has 2 amide bonds. The number of hydrogen-bond acceptors (Lipinski definition) is 4. The molecule has 1 aliphatic heterocycles. The van der Waals surface area contributed by atoms with Crippen LogP contribution >= 0.6 is 0 Å². The zero-order chi connectivity index (χ0) is 25.1. The number of methoxy groups -OCH3 is 1. The maximum atomic E-state index is 14.0. The van der Waals surface area contributed by atoms with Gasteiger partial charge in [0.2, 0.25) is 5.91 Å². The fourth-order valence-corrected chi connectivity index (χ4v) is 5.56. The van der Waals surface area contributed by atoms with Crippen molar-refractivity contribution in [2.45, 2.75) is 76.5 Å². The lowest BCUT2D eigenvalue weighted by molar-refractivity contribution is -0.134. The molecule has 2 aromatic heterocycles. The Hall–Kier alpha value is -3.48. The van der Waals surface area contributed by atoms with E-state index in [-0.39, 0.29) is 17.9 Å². The minimum atomic E-state index is -1.07. The fourth-order valence-electron chi connectivity index (χ4n) is 5.56. The number of benzene rings is 1. The van der Waals surface area contributed by atoms with Gasteiger partial charge >= 0.3 is 0 Å². The first-order chi connectivity index (χ1) is 17.5. The molecule has 190 valence electrons. The molecule has 0 saturated heterocycles. The van der Waals surface area contributed by atoms with E-state index in [0.717, 1.165) is 42.7 Å². The topological polar surface area (TPSA) is 76.7 Å². The van der Waals surface area contributed by atoms with Crippen LogP contribution in [-0.2, 0) is 17.9 Å². The second-order valence-electron chi connectivity index (χ2n) is 10.2. The van der Waals surface area contributed by atoms with Crippen molar-refractivity contribution in [1.82, 2.24) is 14.8 Å². The number of aromatic nitrogens is 1. The molecule has 1 aromatic carbocycles. The Bertz CT molecular complexity index is 1210. The molecule has 3 heterocycles. The number of hydrogen-bond donors (Lipinski definition) is 1. The van der Waals surface area contributed by atoms with Gasteiger partial charge in [0.15, 0.2) is 0 Å². The second kappa shape index (κ2) is 10.2. The number of ether oxygens (including phenoxy) is 1. The van der Waals surface area contributed by atoms with Gasteiger partial charge in [-0.3, -0.25) is 9.59 Å². The van der Waals surface area contributed by atoms with Gasteiger partial charge in [-0.15, -0.1) is 0 Å². The minimum absolute atomic E-state index is 0.103. The molecule has 0 unspecified atom stereocenters. The number of fused-ring (bicyclic) bond motifs is 1. The zero-order valence-electron chi connectivity index (χ0n) is 21.2. The number of carbonyl (C=O) groups excluding carboxylic acids is 2. The van der Waals surface area contributed by atoms with E-state index >= 15 is 0 Å². The molecule has 7 nitrogen and oxygen atoms in total. The van der Waals surface area contributed by atoms with Gasteiger partial charge in [-0.25, -0.2) is 0 Å². The summed E-state index contributed by atoms with van der Waals surface area (Å²) < 4.78 is 13.0. The molecule has 7 heteroatoms. The molecule has 3 aromatic rings. The quantitative estimate of drug-likeness (QED) is 0.503. The lowest BCUT2D eigenvalue weighted by Gasteiger charge is -2.45. The van der Waals surface area contributed by atoms with E-state index < -0.39 is 5.54 Å². The highest BCUT2D eigenvalue weighted by Gasteiger charge is 2.48. The summed E-state index contributed by atoms with van der Waals surface area (Å²) in [5, 5.41) is 3.34. The highest BCUT2D eigenvalue weighted by atomic mass is 16.5. The Labute approximate surface area is 212 Å². The van der Waals surface area contributed by atoms with Crippen molar-refractivity contribution in [2.24, 2.45) is 0 Å². The van der Waals surface area contributed by atoms with Crippen LogP contribution in [0.1, 0.15) is 67.9 Å². The van der Waals surface area contributed by atoms with Crippen molar-refractivity contribution in [3.05, 3.63) is 66.1 Å². The summed E-state index contributed by atoms with van der Waals surface area (Å²) in [6, 6.07) is 15.2. The Morgan fingerprint density at radius 3 is 2.53 bits per heavy atom. The van der Waals surface area contributed by atoms with E-state index in [4.69, 9.17) is 9.15 Å². The monoisotopic (exact) mass is 489 g/mol. The summed E-state index contributed by atoms with van der Waals surface area (Å²) in [4.78, 5) is 29.7. The SMILES string of the molecule is COc1cccc(CN2C(=O)c3ccc(-c4ccco4)n3C[C@]2(C)C(=O)NC2CCCCCCC2)c1. The summed E-state index contributed by atoms with van der Waals surface area (Å²) in [6.45, 7) is 2.55. The number of amides is 2. The van der Waals surface area contributed by atoms with Gasteiger partial charge < -0.3 is 23.9 Å². The van der Waals surface area contributed by atoms with Gasteiger partial charge in [-0.1, -0.05) is 44.2 Å². The van der Waals surface area contributed by atoms with Crippen LogP contribution in [0.2, 0.25) is 0 Å². The molecule has 36 heavy (non-hydrogen) atoms. The van der Waals surface area contributed by atoms with Crippen LogP contribution in [0.4, 0.5) is 0 Å². The van der Waals surface area contributed by atoms with Crippen molar-refractivity contribution in [1.29, 1.82) is 0 Å². The largest absolute Gasteiger partial charge is 0.497 e. The van der Waals surface area contributed by atoms with Gasteiger partial charge in [-0.2, -0.15) is 0 Å². The standard InChI is InChI=1S/C29H35N3O4/c1-29(28(34)30-22-11-6-4-3-5-7-12-22)20-31-24(26-14-9-17-36-26)15-16-25(31)27(33)32(29)19-21-10-8-13-23(18-21)35-2/h8-10,13-18,22H,3-7,11-12,19-20H2,1-2H3,(H,30,34)/t29-/m1/s1. The Kier molecular flexibility index (Phi) is 6.90. The Balaban J connectivity index is 1.50. The summed E-state index contributed by atoms with van der Waals surface area (Å²) in [5.41, 5.74) is 1.20. The Morgan fingerprint density at radius 1 is 1.06 bits per heavy atom. The van der Waals surface area contributed by atoms with E-state index in [1.807, 2.05) is 60.0 Å². The third-order valence-electron chi connectivity index (χ3n) is 7.68. The van der Waals surface area contributed by atoms with E-state index in [1.54, 1.807) is 18.3 Å². The molecule has 0 radical (unpaired) electrons. The molecule has 1 aliphatic carbocycles. The smallest absolute Gasteiger partial charge is 0.271 e. The summed E-state index contributed by atoms with van der Waals surface area (Å²) in [7, 11) is 1.63. The molecule has 5 rings (SSSR count). The van der Waals surface area contributed by atoms with Crippen LogP contribution in [-0.4, -0.2) is 40.0 Å². The van der Waals surface area contributed by atoms with Crippen molar-refractivity contribution >= 4 is 11.8 Å².